The van der Waals surface area contributed by atoms with E-state index in [1.165, 1.54) is 7.11 Å². The number of esters is 1. The van der Waals surface area contributed by atoms with Crippen LogP contribution in [0.1, 0.15) is 25.7 Å². The van der Waals surface area contributed by atoms with Gasteiger partial charge in [0.15, 0.2) is 0 Å². The molecule has 0 radical (unpaired) electrons. The van der Waals surface area contributed by atoms with E-state index in [1.807, 2.05) is 0 Å². The molecule has 1 rings (SSSR count). The summed E-state index contributed by atoms with van der Waals surface area (Å²) in [5, 5.41) is 0. The Morgan fingerprint density at radius 2 is 1.74 bits per heavy atom. The van der Waals surface area contributed by atoms with Crippen molar-refractivity contribution >= 4 is 16.1 Å². The van der Waals surface area contributed by atoms with Gasteiger partial charge in [0.05, 0.1) is 19.6 Å². The highest BCUT2D eigenvalue weighted by Crippen LogP contribution is 2.31. The molecule has 0 bridgehead atoms. The van der Waals surface area contributed by atoms with Crippen LogP contribution in [0.15, 0.2) is 0 Å². The molecule has 1 fully saturated rings. The van der Waals surface area contributed by atoms with E-state index in [2.05, 4.69) is 8.92 Å². The summed E-state index contributed by atoms with van der Waals surface area (Å²) in [6.45, 7) is -0.504. The van der Waals surface area contributed by atoms with Crippen molar-refractivity contribution in [2.24, 2.45) is 11.8 Å². The van der Waals surface area contributed by atoms with Gasteiger partial charge in [-0.25, -0.2) is 0 Å². The summed E-state index contributed by atoms with van der Waals surface area (Å²) >= 11 is 0. The van der Waals surface area contributed by atoms with Crippen LogP contribution in [-0.2, 0) is 23.8 Å². The van der Waals surface area contributed by atoms with Crippen molar-refractivity contribution < 1.29 is 35.3 Å². The molecule has 1 aliphatic carbocycles. The van der Waals surface area contributed by atoms with Crippen molar-refractivity contribution in [1.82, 2.24) is 0 Å². The number of ether oxygens (including phenoxy) is 1. The highest BCUT2D eigenvalue weighted by atomic mass is 32.2. The fraction of sp³-hybridized carbons (Fsp3) is 0.900. The molecular weight excluding hydrogens is 289 g/mol. The Hall–Kier alpha value is -0.830. The van der Waals surface area contributed by atoms with Crippen LogP contribution in [0.5, 0.6) is 0 Å². The van der Waals surface area contributed by atoms with Crippen LogP contribution in [0.4, 0.5) is 13.2 Å². The van der Waals surface area contributed by atoms with Gasteiger partial charge in [-0.15, -0.1) is 0 Å². The van der Waals surface area contributed by atoms with Gasteiger partial charge in [-0.3, -0.25) is 8.98 Å². The van der Waals surface area contributed by atoms with Gasteiger partial charge in [0.1, 0.15) is 0 Å². The molecule has 1 saturated carbocycles. The zero-order chi connectivity index (χ0) is 14.7. The molecule has 19 heavy (non-hydrogen) atoms. The van der Waals surface area contributed by atoms with Crippen molar-refractivity contribution in [3.63, 3.8) is 0 Å². The number of methoxy groups -OCH3 is 1. The summed E-state index contributed by atoms with van der Waals surface area (Å²) < 4.78 is 66.0. The minimum Gasteiger partial charge on any atom is -0.469 e. The molecular formula is C10H15F3O5S. The van der Waals surface area contributed by atoms with E-state index in [1.54, 1.807) is 0 Å². The van der Waals surface area contributed by atoms with Crippen LogP contribution >= 0.6 is 0 Å². The first-order valence-corrected chi connectivity index (χ1v) is 7.11. The third-order valence-electron chi connectivity index (χ3n) is 3.12. The molecule has 112 valence electrons. The van der Waals surface area contributed by atoms with Gasteiger partial charge in [-0.1, -0.05) is 0 Å². The number of halogens is 3. The van der Waals surface area contributed by atoms with Gasteiger partial charge in [0, 0.05) is 0 Å². The Morgan fingerprint density at radius 3 is 2.16 bits per heavy atom. The lowest BCUT2D eigenvalue weighted by Crippen LogP contribution is -2.30. The Morgan fingerprint density at radius 1 is 1.21 bits per heavy atom. The van der Waals surface area contributed by atoms with Gasteiger partial charge in [0.25, 0.3) is 0 Å². The van der Waals surface area contributed by atoms with Gasteiger partial charge < -0.3 is 4.74 Å². The summed E-state index contributed by atoms with van der Waals surface area (Å²) in [7, 11) is -4.25. The predicted octanol–water partition coefficient (Wildman–Crippen LogP) is 1.83. The molecule has 1 aliphatic rings. The first-order valence-electron chi connectivity index (χ1n) is 5.71. The first-order chi connectivity index (χ1) is 8.67. The second kappa shape index (κ2) is 6.08. The van der Waals surface area contributed by atoms with Crippen molar-refractivity contribution in [2.45, 2.75) is 31.2 Å². The van der Waals surface area contributed by atoms with Gasteiger partial charge in [0.2, 0.25) is 0 Å². The third kappa shape index (κ3) is 4.34. The minimum atomic E-state index is -5.52. The molecule has 0 atom stereocenters. The minimum absolute atomic E-state index is 0.263. The molecule has 0 unspecified atom stereocenters. The Balaban J connectivity index is 2.41. The Labute approximate surface area is 109 Å². The molecule has 5 nitrogen and oxygen atoms in total. The Bertz CT molecular complexity index is 409. The van der Waals surface area contributed by atoms with Gasteiger partial charge >= 0.3 is 21.6 Å². The normalized spacial score (nSPS) is 25.1. The van der Waals surface area contributed by atoms with Gasteiger partial charge in [-0.05, 0) is 31.6 Å². The fourth-order valence-corrected chi connectivity index (χ4v) is 2.49. The van der Waals surface area contributed by atoms with E-state index >= 15 is 0 Å². The fourth-order valence-electron chi connectivity index (χ4n) is 1.98. The van der Waals surface area contributed by atoms with Crippen molar-refractivity contribution in [2.75, 3.05) is 13.7 Å². The van der Waals surface area contributed by atoms with Crippen molar-refractivity contribution in [1.29, 1.82) is 0 Å². The highest BCUT2D eigenvalue weighted by Gasteiger charge is 2.47. The maximum atomic E-state index is 12.0. The van der Waals surface area contributed by atoms with Gasteiger partial charge in [-0.2, -0.15) is 21.6 Å². The van der Waals surface area contributed by atoms with E-state index in [-0.39, 0.29) is 17.8 Å². The Kier molecular flexibility index (Phi) is 5.19. The molecule has 0 aromatic heterocycles. The van der Waals surface area contributed by atoms with Crippen LogP contribution in [-0.4, -0.2) is 33.6 Å². The van der Waals surface area contributed by atoms with Crippen molar-refractivity contribution in [3.05, 3.63) is 0 Å². The van der Waals surface area contributed by atoms with E-state index in [9.17, 15) is 26.4 Å². The highest BCUT2D eigenvalue weighted by molar-refractivity contribution is 7.87. The van der Waals surface area contributed by atoms with E-state index in [0.717, 1.165) is 0 Å². The molecule has 0 aromatic rings. The molecule has 0 aliphatic heterocycles. The lowest BCUT2D eigenvalue weighted by Gasteiger charge is -2.26. The first kappa shape index (κ1) is 16.2. The monoisotopic (exact) mass is 304 g/mol. The number of rotatable bonds is 4. The number of hydrogen-bond acceptors (Lipinski definition) is 5. The smallest absolute Gasteiger partial charge is 0.469 e. The van der Waals surface area contributed by atoms with Crippen LogP contribution in [0, 0.1) is 11.8 Å². The van der Waals surface area contributed by atoms with Crippen molar-refractivity contribution in [3.8, 4) is 0 Å². The largest absolute Gasteiger partial charge is 0.523 e. The van der Waals surface area contributed by atoms with E-state index < -0.39 is 22.2 Å². The third-order valence-corrected chi connectivity index (χ3v) is 4.14. The molecule has 0 amide bonds. The standard InChI is InChI=1S/C10H15F3O5S/c1-17-9(14)8-4-2-7(3-5-8)6-18-19(15,16)10(11,12)13/h7-8H,2-6H2,1H3/t7-,8+. The molecule has 0 saturated heterocycles. The zero-order valence-corrected chi connectivity index (χ0v) is 11.1. The maximum Gasteiger partial charge on any atom is 0.523 e. The second-order valence-corrected chi connectivity index (χ2v) is 6.03. The quantitative estimate of drug-likeness (QED) is 0.450. The lowest BCUT2D eigenvalue weighted by molar-refractivity contribution is -0.146. The average molecular weight is 304 g/mol. The van der Waals surface area contributed by atoms with Crippen LogP contribution in [0.25, 0.3) is 0 Å². The summed E-state index contributed by atoms with van der Waals surface area (Å²) in [5.41, 5.74) is -5.39. The summed E-state index contributed by atoms with van der Waals surface area (Å²) in [5.74, 6) is -0.902. The number of carbonyl (C=O) groups is 1. The molecule has 0 spiro atoms. The maximum absolute atomic E-state index is 12.0. The zero-order valence-electron chi connectivity index (χ0n) is 10.3. The SMILES string of the molecule is COC(=O)[C@H]1CC[C@@H](COS(=O)(=O)C(F)(F)F)CC1. The molecule has 0 heterocycles. The lowest BCUT2D eigenvalue weighted by atomic mass is 9.82. The number of carbonyl (C=O) groups excluding carboxylic acids is 1. The number of alkyl halides is 3. The molecule has 0 aromatic carbocycles. The average Bonchev–Trinajstić information content (AvgIpc) is 2.35. The second-order valence-electron chi connectivity index (χ2n) is 4.43. The van der Waals surface area contributed by atoms with Crippen LogP contribution in [0.2, 0.25) is 0 Å². The molecule has 9 heteroatoms. The molecule has 0 N–H and O–H groups in total. The topological polar surface area (TPSA) is 69.7 Å². The summed E-state index contributed by atoms with van der Waals surface area (Å²) in [4.78, 5) is 11.2. The van der Waals surface area contributed by atoms with Crippen LogP contribution in [0.3, 0.4) is 0 Å². The van der Waals surface area contributed by atoms with E-state index in [4.69, 9.17) is 0 Å². The van der Waals surface area contributed by atoms with E-state index in [0.29, 0.717) is 25.7 Å². The van der Waals surface area contributed by atoms with Crippen LogP contribution < -0.4 is 0 Å². The predicted molar refractivity (Wildman–Crippen MR) is 58.4 cm³/mol. The summed E-state index contributed by atoms with van der Waals surface area (Å²) in [6.07, 6.45) is 1.81. The summed E-state index contributed by atoms with van der Waals surface area (Å²) in [6, 6.07) is 0. The number of hydrogen-bond donors (Lipinski definition) is 0.